The monoisotopic (exact) mass is 323 g/mol. The van der Waals surface area contributed by atoms with Gasteiger partial charge in [-0.25, -0.2) is 0 Å². The third-order valence-electron chi connectivity index (χ3n) is 3.19. The van der Waals surface area contributed by atoms with Crippen LogP contribution in [-0.4, -0.2) is 30.4 Å². The molecule has 126 valence electrons. The van der Waals surface area contributed by atoms with Crippen LogP contribution >= 0.6 is 0 Å². The number of nitrogens with zero attached hydrogens (tertiary/aromatic N) is 1. The maximum Gasteiger partial charge on any atom is 0.302 e. The zero-order valence-electron chi connectivity index (χ0n) is 13.2. The van der Waals surface area contributed by atoms with Gasteiger partial charge in [0, 0.05) is 13.0 Å². The number of esters is 1. The van der Waals surface area contributed by atoms with E-state index in [1.54, 1.807) is 0 Å². The lowest BCUT2D eigenvalue weighted by atomic mass is 10.1. The van der Waals surface area contributed by atoms with E-state index in [0.717, 1.165) is 32.1 Å². The number of carbonyl (C=O) groups is 2. The van der Waals surface area contributed by atoms with E-state index in [9.17, 15) is 19.7 Å². The number of carbonyl (C=O) groups excluding carboxylic acids is 2. The zero-order chi connectivity index (χ0) is 17.1. The first-order chi connectivity index (χ1) is 11.0. The molecule has 0 bridgehead atoms. The highest BCUT2D eigenvalue weighted by Crippen LogP contribution is 2.22. The van der Waals surface area contributed by atoms with E-state index in [-0.39, 0.29) is 17.2 Å². The quantitative estimate of drug-likeness (QED) is 0.204. The molecule has 0 aromatic heterocycles. The van der Waals surface area contributed by atoms with Gasteiger partial charge in [0.05, 0.1) is 23.7 Å². The molecule has 0 saturated heterocycles. The summed E-state index contributed by atoms with van der Waals surface area (Å²) >= 11 is 0. The van der Waals surface area contributed by atoms with Gasteiger partial charge in [0.1, 0.15) is 5.75 Å². The van der Waals surface area contributed by atoms with Crippen LogP contribution in [0.5, 0.6) is 5.75 Å². The molecule has 0 saturated carbocycles. The van der Waals surface area contributed by atoms with Crippen molar-refractivity contribution in [2.24, 2.45) is 0 Å². The SMILES string of the molecule is CC(=O)OCCCCCCCOc1ccc([N+](=O)[O-])c(C=O)c1. The van der Waals surface area contributed by atoms with Gasteiger partial charge in [-0.3, -0.25) is 19.7 Å². The van der Waals surface area contributed by atoms with Crippen molar-refractivity contribution >= 4 is 17.9 Å². The zero-order valence-corrected chi connectivity index (χ0v) is 13.2. The molecule has 7 nitrogen and oxygen atoms in total. The Morgan fingerprint density at radius 3 is 2.43 bits per heavy atom. The van der Waals surface area contributed by atoms with Crippen molar-refractivity contribution in [1.82, 2.24) is 0 Å². The molecule has 23 heavy (non-hydrogen) atoms. The summed E-state index contributed by atoms with van der Waals surface area (Å²) < 4.78 is 10.3. The second-order valence-electron chi connectivity index (χ2n) is 5.05. The van der Waals surface area contributed by atoms with Crippen molar-refractivity contribution in [2.45, 2.75) is 39.0 Å². The molecule has 0 spiro atoms. The number of nitro groups is 1. The molecule has 1 aromatic rings. The van der Waals surface area contributed by atoms with E-state index in [1.807, 2.05) is 0 Å². The summed E-state index contributed by atoms with van der Waals surface area (Å²) in [6, 6.07) is 4.14. The standard InChI is InChI=1S/C16H21NO6/c1-13(19)22-9-5-3-2-4-6-10-23-15-7-8-16(17(20)21)14(11-15)12-18/h7-8,11-12H,2-6,9-10H2,1H3. The van der Waals surface area contributed by atoms with E-state index in [1.165, 1.54) is 25.1 Å². The minimum atomic E-state index is -0.594. The molecule has 0 radical (unpaired) electrons. The van der Waals surface area contributed by atoms with E-state index >= 15 is 0 Å². The van der Waals surface area contributed by atoms with Crippen molar-refractivity contribution in [1.29, 1.82) is 0 Å². The Morgan fingerprint density at radius 1 is 1.17 bits per heavy atom. The number of rotatable bonds is 11. The maximum atomic E-state index is 10.8. The second-order valence-corrected chi connectivity index (χ2v) is 5.05. The Hall–Kier alpha value is -2.44. The molecule has 0 aliphatic rings. The molecule has 7 heteroatoms. The highest BCUT2D eigenvalue weighted by molar-refractivity contribution is 5.82. The highest BCUT2D eigenvalue weighted by Gasteiger charge is 2.13. The molecule has 0 aliphatic carbocycles. The van der Waals surface area contributed by atoms with Gasteiger partial charge < -0.3 is 9.47 Å². The fraction of sp³-hybridized carbons (Fsp3) is 0.500. The molecule has 0 atom stereocenters. The largest absolute Gasteiger partial charge is 0.494 e. The highest BCUT2D eigenvalue weighted by atomic mass is 16.6. The Bertz CT molecular complexity index is 543. The lowest BCUT2D eigenvalue weighted by Gasteiger charge is -2.07. The minimum Gasteiger partial charge on any atom is -0.494 e. The predicted molar refractivity (Wildman–Crippen MR) is 83.7 cm³/mol. The molecular formula is C16H21NO6. The molecule has 0 N–H and O–H groups in total. The summed E-state index contributed by atoms with van der Waals surface area (Å²) in [6.07, 6.45) is 5.14. The fourth-order valence-electron chi connectivity index (χ4n) is 2.02. The third kappa shape index (κ3) is 7.39. The average Bonchev–Trinajstić information content (AvgIpc) is 2.52. The molecule has 0 unspecified atom stereocenters. The van der Waals surface area contributed by atoms with Gasteiger partial charge in [-0.2, -0.15) is 0 Å². The van der Waals surface area contributed by atoms with Crippen molar-refractivity contribution in [2.75, 3.05) is 13.2 Å². The first kappa shape index (κ1) is 18.6. The lowest BCUT2D eigenvalue weighted by Crippen LogP contribution is -2.01. The van der Waals surface area contributed by atoms with Crippen LogP contribution in [0.3, 0.4) is 0 Å². The molecule has 0 heterocycles. The lowest BCUT2D eigenvalue weighted by molar-refractivity contribution is -0.385. The van der Waals surface area contributed by atoms with Gasteiger partial charge in [0.25, 0.3) is 5.69 Å². The van der Waals surface area contributed by atoms with Crippen LogP contribution in [0.4, 0.5) is 5.69 Å². The number of benzene rings is 1. The number of unbranched alkanes of at least 4 members (excludes halogenated alkanes) is 4. The Labute approximate surface area is 134 Å². The Balaban J connectivity index is 2.20. The van der Waals surface area contributed by atoms with Gasteiger partial charge in [-0.05, 0) is 25.0 Å². The summed E-state index contributed by atoms with van der Waals surface area (Å²) in [5.74, 6) is 0.198. The first-order valence-electron chi connectivity index (χ1n) is 7.54. The third-order valence-corrected chi connectivity index (χ3v) is 3.19. The van der Waals surface area contributed by atoms with Crippen molar-refractivity contribution in [3.05, 3.63) is 33.9 Å². The van der Waals surface area contributed by atoms with Crippen LogP contribution in [0.25, 0.3) is 0 Å². The van der Waals surface area contributed by atoms with Crippen LogP contribution in [0.15, 0.2) is 18.2 Å². The van der Waals surface area contributed by atoms with E-state index in [2.05, 4.69) is 0 Å². The summed E-state index contributed by atoms with van der Waals surface area (Å²) in [7, 11) is 0. The molecule has 0 aliphatic heterocycles. The summed E-state index contributed by atoms with van der Waals surface area (Å²) in [5.41, 5.74) is -0.210. The summed E-state index contributed by atoms with van der Waals surface area (Å²) in [6.45, 7) is 2.34. The van der Waals surface area contributed by atoms with Crippen molar-refractivity contribution < 1.29 is 24.0 Å². The first-order valence-corrected chi connectivity index (χ1v) is 7.54. The molecule has 1 rings (SSSR count). The molecule has 0 amide bonds. The van der Waals surface area contributed by atoms with E-state index in [0.29, 0.717) is 25.2 Å². The van der Waals surface area contributed by atoms with Crippen LogP contribution < -0.4 is 4.74 Å². The maximum absolute atomic E-state index is 10.8. The minimum absolute atomic E-state index is 0.0120. The van der Waals surface area contributed by atoms with Gasteiger partial charge in [-0.1, -0.05) is 19.3 Å². The van der Waals surface area contributed by atoms with Crippen molar-refractivity contribution in [3.63, 3.8) is 0 Å². The smallest absolute Gasteiger partial charge is 0.302 e. The number of hydrogen-bond donors (Lipinski definition) is 0. The number of nitro benzene ring substituents is 1. The molecular weight excluding hydrogens is 302 g/mol. The van der Waals surface area contributed by atoms with Crippen LogP contribution in [-0.2, 0) is 9.53 Å². The van der Waals surface area contributed by atoms with Gasteiger partial charge in [0.2, 0.25) is 0 Å². The predicted octanol–water partition coefficient (Wildman–Crippen LogP) is 3.30. The topological polar surface area (TPSA) is 95.7 Å². The normalized spacial score (nSPS) is 10.1. The Morgan fingerprint density at radius 2 is 1.83 bits per heavy atom. The Kier molecular flexibility index (Phi) is 8.34. The van der Waals surface area contributed by atoms with Crippen molar-refractivity contribution in [3.8, 4) is 5.75 Å². The summed E-state index contributed by atoms with van der Waals surface area (Å²) in [4.78, 5) is 31.5. The van der Waals surface area contributed by atoms with Gasteiger partial charge in [-0.15, -0.1) is 0 Å². The average molecular weight is 323 g/mol. The number of ether oxygens (including phenoxy) is 2. The van der Waals surface area contributed by atoms with Crippen LogP contribution in [0.2, 0.25) is 0 Å². The molecule has 1 aromatic carbocycles. The number of hydrogen-bond acceptors (Lipinski definition) is 6. The molecule has 0 fully saturated rings. The fourth-order valence-corrected chi connectivity index (χ4v) is 2.02. The summed E-state index contributed by atoms with van der Waals surface area (Å²) in [5, 5.41) is 10.7. The van der Waals surface area contributed by atoms with E-state index < -0.39 is 4.92 Å². The van der Waals surface area contributed by atoms with Gasteiger partial charge >= 0.3 is 5.97 Å². The van der Waals surface area contributed by atoms with Crippen LogP contribution in [0.1, 0.15) is 49.4 Å². The van der Waals surface area contributed by atoms with Gasteiger partial charge in [0.15, 0.2) is 6.29 Å². The van der Waals surface area contributed by atoms with E-state index in [4.69, 9.17) is 9.47 Å². The number of aldehydes is 1. The second kappa shape index (κ2) is 10.3. The van der Waals surface area contributed by atoms with Crippen LogP contribution in [0, 0.1) is 10.1 Å².